The van der Waals surface area contributed by atoms with Crippen molar-refractivity contribution in [2.24, 2.45) is 0 Å². The highest BCUT2D eigenvalue weighted by Gasteiger charge is 2.28. The Labute approximate surface area is 158 Å². The number of pyridine rings is 1. The maximum absolute atomic E-state index is 11.7. The predicted molar refractivity (Wildman–Crippen MR) is 102 cm³/mol. The van der Waals surface area contributed by atoms with Crippen LogP contribution in [0.15, 0.2) is 65.8 Å². The predicted octanol–water partition coefficient (Wildman–Crippen LogP) is 3.85. The molecule has 1 unspecified atom stereocenters. The molecule has 1 atom stereocenters. The maximum Gasteiger partial charge on any atom is 0.294 e. The number of aromatic nitrogens is 1. The van der Waals surface area contributed by atoms with Gasteiger partial charge in [0, 0.05) is 36.4 Å². The second kappa shape index (κ2) is 6.79. The maximum atomic E-state index is 11.7. The lowest BCUT2D eigenvalue weighted by atomic mass is 9.99. The number of fused-ring (bicyclic) bond motifs is 1. The van der Waals surface area contributed by atoms with E-state index < -0.39 is 10.1 Å². The Bertz CT molecular complexity index is 1090. The van der Waals surface area contributed by atoms with Gasteiger partial charge >= 0.3 is 0 Å². The lowest BCUT2D eigenvalue weighted by Gasteiger charge is -2.15. The van der Waals surface area contributed by atoms with Gasteiger partial charge in [-0.1, -0.05) is 42.0 Å². The van der Waals surface area contributed by atoms with E-state index in [1.807, 2.05) is 37.3 Å². The van der Waals surface area contributed by atoms with E-state index in [2.05, 4.69) is 4.98 Å². The van der Waals surface area contributed by atoms with Crippen molar-refractivity contribution in [3.8, 4) is 16.9 Å². The van der Waals surface area contributed by atoms with Crippen LogP contribution in [0.2, 0.25) is 0 Å². The van der Waals surface area contributed by atoms with E-state index in [4.69, 9.17) is 4.74 Å². The van der Waals surface area contributed by atoms with Crippen molar-refractivity contribution >= 4 is 10.1 Å². The van der Waals surface area contributed by atoms with E-state index in [0.717, 1.165) is 28.0 Å². The second-order valence-corrected chi connectivity index (χ2v) is 8.16. The molecule has 0 spiro atoms. The number of hydrogen-bond acceptors (Lipinski definition) is 4. The summed E-state index contributed by atoms with van der Waals surface area (Å²) in [6, 6.07) is 14.8. The molecule has 1 aromatic heterocycles. The average Bonchev–Trinajstić information content (AvgIpc) is 3.03. The molecule has 0 bridgehead atoms. The van der Waals surface area contributed by atoms with Crippen molar-refractivity contribution in [2.45, 2.75) is 30.8 Å². The molecule has 1 aliphatic heterocycles. The first-order chi connectivity index (χ1) is 12.9. The first-order valence-corrected chi connectivity index (χ1v) is 10.1. The summed E-state index contributed by atoms with van der Waals surface area (Å²) in [5.41, 5.74) is 4.54. The van der Waals surface area contributed by atoms with Gasteiger partial charge in [0.25, 0.3) is 10.1 Å². The first-order valence-electron chi connectivity index (χ1n) is 8.68. The highest BCUT2D eigenvalue weighted by atomic mass is 32.2. The Kier molecular flexibility index (Phi) is 4.45. The molecule has 0 aliphatic carbocycles. The average molecular weight is 381 g/mol. The molecular weight excluding hydrogens is 362 g/mol. The smallest absolute Gasteiger partial charge is 0.294 e. The minimum Gasteiger partial charge on any atom is -0.489 e. The molecule has 0 saturated heterocycles. The Morgan fingerprint density at radius 2 is 2.04 bits per heavy atom. The van der Waals surface area contributed by atoms with Crippen LogP contribution in [0.5, 0.6) is 5.75 Å². The molecule has 0 radical (unpaired) electrons. The van der Waals surface area contributed by atoms with Crippen LogP contribution < -0.4 is 4.74 Å². The van der Waals surface area contributed by atoms with Crippen LogP contribution >= 0.6 is 0 Å². The van der Waals surface area contributed by atoms with Crippen LogP contribution in [-0.4, -0.2) is 24.1 Å². The molecule has 2 aromatic carbocycles. The largest absolute Gasteiger partial charge is 0.489 e. The zero-order valence-electron chi connectivity index (χ0n) is 14.8. The quantitative estimate of drug-likeness (QED) is 0.695. The Morgan fingerprint density at radius 1 is 1.19 bits per heavy atom. The fourth-order valence-corrected chi connectivity index (χ4v) is 4.28. The summed E-state index contributed by atoms with van der Waals surface area (Å²) in [6.45, 7) is 1.89. The molecular formula is C21H19NO4S. The number of hydrogen-bond donors (Lipinski definition) is 1. The van der Waals surface area contributed by atoms with Crippen LogP contribution in [-0.2, 0) is 23.0 Å². The van der Waals surface area contributed by atoms with Crippen LogP contribution in [0.4, 0.5) is 0 Å². The van der Waals surface area contributed by atoms with E-state index in [9.17, 15) is 13.0 Å². The van der Waals surface area contributed by atoms with Crippen LogP contribution in [0, 0.1) is 6.92 Å². The fraction of sp³-hybridized carbons (Fsp3) is 0.190. The van der Waals surface area contributed by atoms with Crippen molar-refractivity contribution in [2.75, 3.05) is 0 Å². The molecule has 1 aliphatic rings. The monoisotopic (exact) mass is 381 g/mol. The molecule has 0 saturated carbocycles. The molecule has 0 amide bonds. The van der Waals surface area contributed by atoms with E-state index in [1.165, 1.54) is 6.07 Å². The van der Waals surface area contributed by atoms with Gasteiger partial charge in [0.05, 0.1) is 4.90 Å². The summed E-state index contributed by atoms with van der Waals surface area (Å²) in [6.07, 6.45) is 4.41. The van der Waals surface area contributed by atoms with Gasteiger partial charge in [-0.2, -0.15) is 8.42 Å². The van der Waals surface area contributed by atoms with Gasteiger partial charge < -0.3 is 4.74 Å². The fourth-order valence-electron chi connectivity index (χ4n) is 3.57. The van der Waals surface area contributed by atoms with E-state index in [1.54, 1.807) is 24.5 Å². The van der Waals surface area contributed by atoms with Gasteiger partial charge in [-0.3, -0.25) is 9.54 Å². The van der Waals surface area contributed by atoms with Gasteiger partial charge in [0.1, 0.15) is 11.9 Å². The van der Waals surface area contributed by atoms with E-state index >= 15 is 0 Å². The number of nitrogens with zero attached hydrogens (tertiary/aromatic N) is 1. The molecule has 6 heteroatoms. The third kappa shape index (κ3) is 3.59. The van der Waals surface area contributed by atoms with Gasteiger partial charge in [0.2, 0.25) is 0 Å². The van der Waals surface area contributed by atoms with Crippen molar-refractivity contribution < 1.29 is 17.7 Å². The summed E-state index contributed by atoms with van der Waals surface area (Å²) in [5, 5.41) is 0. The van der Waals surface area contributed by atoms with Crippen molar-refractivity contribution in [1.82, 2.24) is 4.98 Å². The number of para-hydroxylation sites is 1. The molecule has 2 heterocycles. The zero-order chi connectivity index (χ0) is 19.0. The SMILES string of the molecule is Cc1ccc(S(=O)(=O)O)c(CC2Cc3cccc(-c4cccnc4)c3O2)c1. The standard InChI is InChI=1S/C21H19NO4S/c1-14-7-8-20(27(23,24)25)17(10-14)12-18-11-15-4-2-6-19(21(15)26-18)16-5-3-9-22-13-16/h2-10,13,18H,11-12H2,1H3,(H,23,24,25). The van der Waals surface area contributed by atoms with Crippen molar-refractivity contribution in [3.05, 3.63) is 77.6 Å². The van der Waals surface area contributed by atoms with Crippen LogP contribution in [0.1, 0.15) is 16.7 Å². The van der Waals surface area contributed by atoms with Crippen molar-refractivity contribution in [1.29, 1.82) is 0 Å². The molecule has 1 N–H and O–H groups in total. The normalized spacial score (nSPS) is 16.0. The summed E-state index contributed by atoms with van der Waals surface area (Å²) >= 11 is 0. The highest BCUT2D eigenvalue weighted by molar-refractivity contribution is 7.85. The number of rotatable bonds is 4. The zero-order valence-corrected chi connectivity index (χ0v) is 15.6. The lowest BCUT2D eigenvalue weighted by molar-refractivity contribution is 0.233. The molecule has 0 fully saturated rings. The number of ether oxygens (including phenoxy) is 1. The van der Waals surface area contributed by atoms with Crippen molar-refractivity contribution in [3.63, 3.8) is 0 Å². The van der Waals surface area contributed by atoms with Gasteiger partial charge in [-0.25, -0.2) is 0 Å². The molecule has 27 heavy (non-hydrogen) atoms. The summed E-state index contributed by atoms with van der Waals surface area (Å²) in [4.78, 5) is 4.12. The van der Waals surface area contributed by atoms with Gasteiger partial charge in [0.15, 0.2) is 0 Å². The topological polar surface area (TPSA) is 76.5 Å². The van der Waals surface area contributed by atoms with Crippen LogP contribution in [0.3, 0.4) is 0 Å². The number of benzene rings is 2. The molecule has 5 nitrogen and oxygen atoms in total. The molecule has 138 valence electrons. The van der Waals surface area contributed by atoms with Crippen LogP contribution in [0.25, 0.3) is 11.1 Å². The minimum absolute atomic E-state index is 0.0554. The summed E-state index contributed by atoms with van der Waals surface area (Å²) in [7, 11) is -4.27. The minimum atomic E-state index is -4.27. The van der Waals surface area contributed by atoms with Gasteiger partial charge in [-0.15, -0.1) is 0 Å². The Balaban J connectivity index is 1.65. The third-order valence-corrected chi connectivity index (χ3v) is 5.70. The molecule has 4 rings (SSSR count). The number of aryl methyl sites for hydroxylation is 1. The summed E-state index contributed by atoms with van der Waals surface area (Å²) < 4.78 is 39.1. The first kappa shape index (κ1) is 17.7. The van der Waals surface area contributed by atoms with E-state index in [-0.39, 0.29) is 11.0 Å². The Morgan fingerprint density at radius 3 is 2.78 bits per heavy atom. The highest BCUT2D eigenvalue weighted by Crippen LogP contribution is 2.39. The molecule has 3 aromatic rings. The summed E-state index contributed by atoms with van der Waals surface area (Å²) in [5.74, 6) is 0.816. The van der Waals surface area contributed by atoms with E-state index in [0.29, 0.717) is 18.4 Å². The third-order valence-electron chi connectivity index (χ3n) is 4.74. The Hall–Kier alpha value is -2.70. The van der Waals surface area contributed by atoms with Gasteiger partial charge in [-0.05, 0) is 30.2 Å². The second-order valence-electron chi connectivity index (χ2n) is 6.77. The lowest BCUT2D eigenvalue weighted by Crippen LogP contribution is -2.18.